The summed E-state index contributed by atoms with van der Waals surface area (Å²) in [6.07, 6.45) is -0.765. The zero-order valence-electron chi connectivity index (χ0n) is 13.5. The van der Waals surface area contributed by atoms with Crippen LogP contribution in [0.3, 0.4) is 0 Å². The highest BCUT2D eigenvalue weighted by Crippen LogP contribution is 2.43. The Morgan fingerprint density at radius 2 is 1.75 bits per heavy atom. The fourth-order valence-corrected chi connectivity index (χ4v) is 3.10. The van der Waals surface area contributed by atoms with Crippen molar-refractivity contribution in [2.45, 2.75) is 12.2 Å². The number of rotatable bonds is 6. The molecule has 1 aliphatic rings. The molecule has 126 valence electrons. The third-order valence-electron chi connectivity index (χ3n) is 3.91. The van der Waals surface area contributed by atoms with Gasteiger partial charge in [-0.1, -0.05) is 12.1 Å². The molecule has 24 heavy (non-hydrogen) atoms. The predicted molar refractivity (Wildman–Crippen MR) is 92.2 cm³/mol. The van der Waals surface area contributed by atoms with E-state index in [1.54, 1.807) is 26.4 Å². The van der Waals surface area contributed by atoms with E-state index in [-0.39, 0.29) is 11.9 Å². The van der Waals surface area contributed by atoms with E-state index in [0.29, 0.717) is 21.5 Å². The molecule has 1 saturated heterocycles. The Hall–Kier alpha value is -2.05. The normalized spacial score (nSPS) is 18.8. The molecule has 1 aliphatic heterocycles. The first-order chi connectivity index (χ1) is 11.6. The summed E-state index contributed by atoms with van der Waals surface area (Å²) in [6.45, 7) is 0. The average Bonchev–Trinajstić information content (AvgIpc) is 3.41. The molecule has 2 aromatic rings. The van der Waals surface area contributed by atoms with Gasteiger partial charge in [0.15, 0.2) is 23.4 Å². The van der Waals surface area contributed by atoms with Crippen LogP contribution >= 0.6 is 15.9 Å². The fraction of sp³-hybridized carbons (Fsp3) is 0.278. The van der Waals surface area contributed by atoms with Crippen molar-refractivity contribution in [1.29, 1.82) is 0 Å². The number of ketones is 1. The van der Waals surface area contributed by atoms with Gasteiger partial charge in [-0.3, -0.25) is 4.79 Å². The smallest absolute Gasteiger partial charge is 0.195 e. The van der Waals surface area contributed by atoms with Gasteiger partial charge in [0.25, 0.3) is 0 Å². The molecule has 0 unspecified atom stereocenters. The van der Waals surface area contributed by atoms with Crippen LogP contribution in [0.2, 0.25) is 0 Å². The molecular formula is C18H17BrO5. The van der Waals surface area contributed by atoms with E-state index in [1.165, 1.54) is 7.11 Å². The molecule has 0 N–H and O–H groups in total. The largest absolute Gasteiger partial charge is 0.497 e. The number of hydrogen-bond donors (Lipinski definition) is 0. The van der Waals surface area contributed by atoms with Crippen molar-refractivity contribution in [3.63, 3.8) is 0 Å². The second kappa shape index (κ2) is 6.83. The summed E-state index contributed by atoms with van der Waals surface area (Å²) in [6, 6.07) is 10.9. The molecule has 0 aromatic heterocycles. The van der Waals surface area contributed by atoms with Gasteiger partial charge in [0.2, 0.25) is 0 Å². The highest BCUT2D eigenvalue weighted by molar-refractivity contribution is 9.10. The summed E-state index contributed by atoms with van der Waals surface area (Å²) >= 11 is 3.42. The van der Waals surface area contributed by atoms with E-state index in [2.05, 4.69) is 15.9 Å². The zero-order valence-corrected chi connectivity index (χ0v) is 15.1. The molecule has 0 spiro atoms. The van der Waals surface area contributed by atoms with Crippen LogP contribution in [0, 0.1) is 0 Å². The monoisotopic (exact) mass is 392 g/mol. The van der Waals surface area contributed by atoms with Crippen molar-refractivity contribution in [3.05, 3.63) is 52.0 Å². The number of carbonyl (C=O) groups excluding carboxylic acids is 1. The number of benzene rings is 2. The van der Waals surface area contributed by atoms with E-state index in [0.717, 1.165) is 11.3 Å². The van der Waals surface area contributed by atoms with Gasteiger partial charge in [0.1, 0.15) is 11.9 Å². The molecule has 0 saturated carbocycles. The Bertz CT molecular complexity index is 774. The summed E-state index contributed by atoms with van der Waals surface area (Å²) in [5.41, 5.74) is 1.42. The number of Topliss-reactive ketones (excluding diaryl/α,β-unsaturated/α-hetero) is 1. The maximum atomic E-state index is 12.8. The lowest BCUT2D eigenvalue weighted by atomic mass is 10.0. The first-order valence-electron chi connectivity index (χ1n) is 7.34. The molecule has 3 rings (SSSR count). The van der Waals surface area contributed by atoms with Gasteiger partial charge >= 0.3 is 0 Å². The number of hydrogen-bond acceptors (Lipinski definition) is 5. The van der Waals surface area contributed by atoms with Crippen molar-refractivity contribution < 1.29 is 23.7 Å². The quantitative estimate of drug-likeness (QED) is 0.552. The Balaban J connectivity index is 1.83. The number of epoxide rings is 1. The molecular weight excluding hydrogens is 376 g/mol. The second-order valence-electron chi connectivity index (χ2n) is 5.31. The van der Waals surface area contributed by atoms with Gasteiger partial charge in [-0.25, -0.2) is 0 Å². The summed E-state index contributed by atoms with van der Waals surface area (Å²) in [5, 5.41) is 0. The van der Waals surface area contributed by atoms with Gasteiger partial charge in [-0.15, -0.1) is 0 Å². The summed E-state index contributed by atoms with van der Waals surface area (Å²) in [5.74, 6) is 1.70. The van der Waals surface area contributed by atoms with Crippen LogP contribution in [0.15, 0.2) is 40.9 Å². The number of ether oxygens (including phenoxy) is 4. The summed E-state index contributed by atoms with van der Waals surface area (Å²) in [4.78, 5) is 12.8. The predicted octanol–water partition coefficient (Wildman–Crippen LogP) is 3.80. The Morgan fingerprint density at radius 3 is 2.42 bits per heavy atom. The molecule has 0 aliphatic carbocycles. The minimum atomic E-state index is -0.508. The second-order valence-corrected chi connectivity index (χ2v) is 6.16. The van der Waals surface area contributed by atoms with Crippen molar-refractivity contribution in [3.8, 4) is 17.2 Å². The highest BCUT2D eigenvalue weighted by Gasteiger charge is 2.47. The maximum absolute atomic E-state index is 12.8. The zero-order chi connectivity index (χ0) is 17.3. The lowest BCUT2D eigenvalue weighted by Crippen LogP contribution is -2.10. The molecule has 0 radical (unpaired) electrons. The molecule has 6 heteroatoms. The molecule has 5 nitrogen and oxygen atoms in total. The van der Waals surface area contributed by atoms with Crippen molar-refractivity contribution in [2.75, 3.05) is 21.3 Å². The van der Waals surface area contributed by atoms with Crippen molar-refractivity contribution >= 4 is 21.7 Å². The van der Waals surface area contributed by atoms with E-state index >= 15 is 0 Å². The number of halogens is 1. The molecule has 2 atom stereocenters. The van der Waals surface area contributed by atoms with Gasteiger partial charge in [0.05, 0.1) is 21.3 Å². The van der Waals surface area contributed by atoms with E-state index in [1.807, 2.05) is 24.3 Å². The minimum Gasteiger partial charge on any atom is -0.497 e. The fourth-order valence-electron chi connectivity index (χ4n) is 2.58. The Labute approximate surface area is 148 Å². The summed E-state index contributed by atoms with van der Waals surface area (Å²) in [7, 11) is 4.69. The molecule has 1 heterocycles. The first-order valence-corrected chi connectivity index (χ1v) is 8.13. The SMILES string of the molecule is COc1cccc([C@@H]2O[C@@H]2C(=O)c2cc(OC)c(OC)cc2Br)c1. The molecule has 1 fully saturated rings. The Morgan fingerprint density at radius 1 is 1.04 bits per heavy atom. The highest BCUT2D eigenvalue weighted by atomic mass is 79.9. The van der Waals surface area contributed by atoms with Gasteiger partial charge in [-0.2, -0.15) is 0 Å². The first kappa shape index (κ1) is 16.8. The van der Waals surface area contributed by atoms with Crippen LogP contribution in [-0.2, 0) is 4.74 Å². The van der Waals surface area contributed by atoms with Gasteiger partial charge in [0, 0.05) is 10.0 Å². The maximum Gasteiger partial charge on any atom is 0.195 e. The van der Waals surface area contributed by atoms with Crippen LogP contribution in [0.5, 0.6) is 17.2 Å². The van der Waals surface area contributed by atoms with Crippen LogP contribution in [0.1, 0.15) is 22.0 Å². The van der Waals surface area contributed by atoms with Crippen molar-refractivity contribution in [2.24, 2.45) is 0 Å². The van der Waals surface area contributed by atoms with Crippen LogP contribution in [-0.4, -0.2) is 33.2 Å². The van der Waals surface area contributed by atoms with Gasteiger partial charge in [-0.05, 0) is 45.8 Å². The van der Waals surface area contributed by atoms with E-state index < -0.39 is 6.10 Å². The third kappa shape index (κ3) is 3.12. The molecule has 2 aromatic carbocycles. The lowest BCUT2D eigenvalue weighted by Gasteiger charge is -2.10. The van der Waals surface area contributed by atoms with Crippen LogP contribution in [0.4, 0.5) is 0 Å². The van der Waals surface area contributed by atoms with Crippen LogP contribution < -0.4 is 14.2 Å². The third-order valence-corrected chi connectivity index (χ3v) is 4.57. The number of carbonyl (C=O) groups is 1. The summed E-state index contributed by atoms with van der Waals surface area (Å²) < 4.78 is 22.0. The number of methoxy groups -OCH3 is 3. The molecule has 0 bridgehead atoms. The lowest BCUT2D eigenvalue weighted by molar-refractivity contribution is 0.0952. The van der Waals surface area contributed by atoms with Crippen molar-refractivity contribution in [1.82, 2.24) is 0 Å². The minimum absolute atomic E-state index is 0.101. The topological polar surface area (TPSA) is 57.3 Å². The molecule has 0 amide bonds. The van der Waals surface area contributed by atoms with E-state index in [4.69, 9.17) is 18.9 Å². The van der Waals surface area contributed by atoms with E-state index in [9.17, 15) is 4.79 Å². The average molecular weight is 393 g/mol. The Kier molecular flexibility index (Phi) is 4.78. The standard InChI is InChI=1S/C18H17BrO5/c1-21-11-6-4-5-10(7-11)17-18(24-17)16(20)12-8-14(22-2)15(23-3)9-13(12)19/h4-9,17-18H,1-3H3/t17-,18+/m0/s1. The van der Waals surface area contributed by atoms with Crippen LogP contribution in [0.25, 0.3) is 0 Å². The van der Waals surface area contributed by atoms with Gasteiger partial charge < -0.3 is 18.9 Å².